The second-order valence-electron chi connectivity index (χ2n) is 4.97. The van der Waals surface area contributed by atoms with Crippen LogP contribution in [-0.2, 0) is 0 Å². The molecular formula is C17H14N3NaO5S. The SMILES string of the molecule is COc1cc(OC)nc(C(=O)c2nccc(-c3cccs3)c2C(=O)O)n1.[H-].[Na+]. The van der Waals surface area contributed by atoms with Gasteiger partial charge in [-0.1, -0.05) is 6.07 Å². The largest absolute Gasteiger partial charge is 1.00 e. The van der Waals surface area contributed by atoms with Crippen LogP contribution >= 0.6 is 11.3 Å². The third-order valence-corrected chi connectivity index (χ3v) is 4.37. The maximum atomic E-state index is 12.9. The molecule has 8 nitrogen and oxygen atoms in total. The van der Waals surface area contributed by atoms with Crippen molar-refractivity contribution in [1.82, 2.24) is 15.0 Å². The van der Waals surface area contributed by atoms with Gasteiger partial charge in [-0.3, -0.25) is 9.78 Å². The summed E-state index contributed by atoms with van der Waals surface area (Å²) in [7, 11) is 2.77. The van der Waals surface area contributed by atoms with Gasteiger partial charge in [-0.15, -0.1) is 11.3 Å². The van der Waals surface area contributed by atoms with Crippen molar-refractivity contribution in [1.29, 1.82) is 0 Å². The molecule has 0 unspecified atom stereocenters. The monoisotopic (exact) mass is 395 g/mol. The van der Waals surface area contributed by atoms with Gasteiger partial charge in [0.05, 0.1) is 25.8 Å². The van der Waals surface area contributed by atoms with E-state index in [9.17, 15) is 14.7 Å². The number of carbonyl (C=O) groups is 2. The summed E-state index contributed by atoms with van der Waals surface area (Å²) in [5, 5.41) is 11.5. The minimum Gasteiger partial charge on any atom is -1.00 e. The van der Waals surface area contributed by atoms with Gasteiger partial charge in [0.2, 0.25) is 23.4 Å². The minimum atomic E-state index is -1.26. The number of ether oxygens (including phenoxy) is 2. The average Bonchev–Trinajstić information content (AvgIpc) is 3.20. The van der Waals surface area contributed by atoms with Crippen LogP contribution in [0.5, 0.6) is 11.8 Å². The fourth-order valence-electron chi connectivity index (χ4n) is 2.31. The maximum Gasteiger partial charge on any atom is 1.00 e. The topological polar surface area (TPSA) is 112 Å². The Balaban J connectivity index is 0.00000196. The van der Waals surface area contributed by atoms with Gasteiger partial charge in [-0.05, 0) is 17.5 Å². The summed E-state index contributed by atoms with van der Waals surface area (Å²) in [6, 6.07) is 6.53. The number of rotatable bonds is 6. The Hall–Kier alpha value is -2.33. The third kappa shape index (κ3) is 4.33. The number of hydrogen-bond acceptors (Lipinski definition) is 8. The Labute approximate surface area is 182 Å². The number of thiophene rings is 1. The van der Waals surface area contributed by atoms with Crippen molar-refractivity contribution in [3.63, 3.8) is 0 Å². The zero-order chi connectivity index (χ0) is 18.7. The second-order valence-corrected chi connectivity index (χ2v) is 5.92. The summed E-state index contributed by atoms with van der Waals surface area (Å²) in [5.41, 5.74) is -0.0512. The minimum absolute atomic E-state index is 0. The fourth-order valence-corrected chi connectivity index (χ4v) is 3.07. The number of pyridine rings is 1. The van der Waals surface area contributed by atoms with Crippen molar-refractivity contribution >= 4 is 23.1 Å². The van der Waals surface area contributed by atoms with E-state index >= 15 is 0 Å². The summed E-state index contributed by atoms with van der Waals surface area (Å²) >= 11 is 1.36. The van der Waals surface area contributed by atoms with Crippen molar-refractivity contribution < 1.29 is 55.2 Å². The molecule has 0 aliphatic rings. The van der Waals surface area contributed by atoms with Gasteiger partial charge in [-0.25, -0.2) is 4.79 Å². The number of nitrogens with zero attached hydrogens (tertiary/aromatic N) is 3. The molecule has 0 amide bonds. The van der Waals surface area contributed by atoms with Crippen LogP contribution in [0.4, 0.5) is 0 Å². The first-order chi connectivity index (χ1) is 12.5. The number of carboxylic acids is 1. The van der Waals surface area contributed by atoms with Crippen LogP contribution in [0.1, 0.15) is 28.1 Å². The molecule has 0 spiro atoms. The molecule has 0 saturated heterocycles. The molecule has 0 bridgehead atoms. The summed E-state index contributed by atoms with van der Waals surface area (Å²) in [4.78, 5) is 37.3. The number of methoxy groups -OCH3 is 2. The molecule has 0 atom stereocenters. The van der Waals surface area contributed by atoms with Crippen molar-refractivity contribution in [3.05, 3.63) is 52.9 Å². The molecule has 3 heterocycles. The Bertz CT molecular complexity index is 963. The standard InChI is InChI=1S/C17H13N3O5S.Na.H/c1-24-11-8-12(25-2)20-16(19-11)15(21)14-13(17(22)23)9(5-6-18-14)10-4-3-7-26-10;;/h3-8H,1-2H3,(H,22,23);;/q;+1;-1. The van der Waals surface area contributed by atoms with Crippen molar-refractivity contribution in [2.45, 2.75) is 0 Å². The number of carboxylic acid groups (broad SMARTS) is 1. The van der Waals surface area contributed by atoms with E-state index < -0.39 is 11.8 Å². The molecule has 0 radical (unpaired) electrons. The van der Waals surface area contributed by atoms with Gasteiger partial charge in [0.15, 0.2) is 0 Å². The van der Waals surface area contributed by atoms with E-state index in [0.717, 1.165) is 0 Å². The number of hydrogen-bond donors (Lipinski definition) is 1. The van der Waals surface area contributed by atoms with Crippen LogP contribution in [0.25, 0.3) is 10.4 Å². The first-order valence-electron chi connectivity index (χ1n) is 7.33. The van der Waals surface area contributed by atoms with Gasteiger partial charge < -0.3 is 16.0 Å². The molecule has 0 aliphatic carbocycles. The predicted molar refractivity (Wildman–Crippen MR) is 94.2 cm³/mol. The molecule has 3 aromatic heterocycles. The summed E-state index contributed by atoms with van der Waals surface area (Å²) in [6.45, 7) is 0. The fraction of sp³-hybridized carbons (Fsp3) is 0.118. The predicted octanol–water partition coefficient (Wildman–Crippen LogP) is -0.337. The van der Waals surface area contributed by atoms with Crippen molar-refractivity contribution in [3.8, 4) is 22.2 Å². The molecule has 0 aliphatic heterocycles. The molecule has 0 saturated carbocycles. The van der Waals surface area contributed by atoms with Gasteiger partial charge in [-0.2, -0.15) is 9.97 Å². The normalized spacial score (nSPS) is 10.0. The van der Waals surface area contributed by atoms with Crippen LogP contribution in [-0.4, -0.2) is 46.0 Å². The van der Waals surface area contributed by atoms with Gasteiger partial charge in [0, 0.05) is 16.6 Å². The van der Waals surface area contributed by atoms with Gasteiger partial charge >= 0.3 is 35.5 Å². The molecule has 0 fully saturated rings. The number of carbonyl (C=O) groups excluding carboxylic acids is 1. The number of ketones is 1. The summed E-state index contributed by atoms with van der Waals surface area (Å²) < 4.78 is 10.1. The van der Waals surface area contributed by atoms with E-state index in [1.807, 2.05) is 5.38 Å². The average molecular weight is 395 g/mol. The first-order valence-corrected chi connectivity index (χ1v) is 8.21. The maximum absolute atomic E-state index is 12.9. The Morgan fingerprint density at radius 2 is 1.81 bits per heavy atom. The van der Waals surface area contributed by atoms with Crippen LogP contribution < -0.4 is 39.0 Å². The van der Waals surface area contributed by atoms with E-state index in [4.69, 9.17) is 9.47 Å². The third-order valence-electron chi connectivity index (χ3n) is 3.47. The van der Waals surface area contributed by atoms with Crippen LogP contribution in [0.3, 0.4) is 0 Å². The Kier molecular flexibility index (Phi) is 7.03. The molecule has 3 rings (SSSR count). The van der Waals surface area contributed by atoms with E-state index in [-0.39, 0.29) is 59.8 Å². The molecule has 27 heavy (non-hydrogen) atoms. The summed E-state index contributed by atoms with van der Waals surface area (Å²) in [5.74, 6) is -2.03. The zero-order valence-corrected chi connectivity index (χ0v) is 17.6. The Morgan fingerprint density at radius 1 is 1.15 bits per heavy atom. The smallest absolute Gasteiger partial charge is 1.00 e. The molecular weight excluding hydrogens is 381 g/mol. The van der Waals surface area contributed by atoms with E-state index in [1.165, 1.54) is 37.8 Å². The number of aromatic carboxylic acids is 1. The quantitative estimate of drug-likeness (QED) is 0.446. The second kappa shape index (κ2) is 9.05. The van der Waals surface area contributed by atoms with E-state index in [1.54, 1.807) is 18.2 Å². The van der Waals surface area contributed by atoms with Crippen LogP contribution in [0.2, 0.25) is 0 Å². The first kappa shape index (κ1) is 21.0. The molecule has 134 valence electrons. The van der Waals surface area contributed by atoms with E-state index in [0.29, 0.717) is 10.4 Å². The molecule has 1 N–H and O–H groups in total. The summed E-state index contributed by atoms with van der Waals surface area (Å²) in [6.07, 6.45) is 1.38. The zero-order valence-electron chi connectivity index (χ0n) is 15.8. The van der Waals surface area contributed by atoms with Gasteiger partial charge in [0.1, 0.15) is 5.69 Å². The van der Waals surface area contributed by atoms with Crippen LogP contribution in [0, 0.1) is 0 Å². The Morgan fingerprint density at radius 3 is 2.33 bits per heavy atom. The molecule has 3 aromatic rings. The molecule has 10 heteroatoms. The van der Waals surface area contributed by atoms with E-state index in [2.05, 4.69) is 15.0 Å². The number of aromatic nitrogens is 3. The van der Waals surface area contributed by atoms with Crippen LogP contribution in [0.15, 0.2) is 35.8 Å². The molecule has 0 aromatic carbocycles. The van der Waals surface area contributed by atoms with Crippen molar-refractivity contribution in [2.24, 2.45) is 0 Å². The van der Waals surface area contributed by atoms with Crippen molar-refractivity contribution in [2.75, 3.05) is 14.2 Å². The van der Waals surface area contributed by atoms with Gasteiger partial charge in [0.25, 0.3) is 0 Å².